The molecule has 0 radical (unpaired) electrons. The van der Waals surface area contributed by atoms with Crippen molar-refractivity contribution in [2.45, 2.75) is 39.3 Å². The van der Waals surface area contributed by atoms with Crippen molar-refractivity contribution < 1.29 is 4.74 Å². The molecule has 1 unspecified atom stereocenters. The van der Waals surface area contributed by atoms with Crippen LogP contribution >= 0.6 is 11.3 Å². The Morgan fingerprint density at radius 1 is 1.24 bits per heavy atom. The lowest BCUT2D eigenvalue weighted by Gasteiger charge is -2.08. The summed E-state index contributed by atoms with van der Waals surface area (Å²) in [5.74, 6) is 0. The third kappa shape index (κ3) is 4.13. The van der Waals surface area contributed by atoms with Gasteiger partial charge in [0.2, 0.25) is 0 Å². The van der Waals surface area contributed by atoms with E-state index < -0.39 is 0 Å². The van der Waals surface area contributed by atoms with Crippen LogP contribution in [0.1, 0.15) is 43.5 Å². The highest BCUT2D eigenvalue weighted by Gasteiger charge is 2.18. The Kier molecular flexibility index (Phi) is 6.36. The second-order valence-electron chi connectivity index (χ2n) is 5.00. The lowest BCUT2D eigenvalue weighted by molar-refractivity contribution is 0.0996. The fraction of sp³-hybridized carbons (Fsp3) is 0.471. The second kappa shape index (κ2) is 8.27. The number of rotatable bonds is 8. The molecule has 2 rings (SSSR count). The molecule has 0 saturated carbocycles. The Morgan fingerprint density at radius 3 is 2.62 bits per heavy atom. The van der Waals surface area contributed by atoms with Gasteiger partial charge in [0.25, 0.3) is 0 Å². The van der Waals surface area contributed by atoms with Crippen LogP contribution in [-0.4, -0.2) is 18.6 Å². The summed E-state index contributed by atoms with van der Waals surface area (Å²) in [4.78, 5) is 6.09. The average Bonchev–Trinajstić information content (AvgIpc) is 2.94. The van der Waals surface area contributed by atoms with E-state index in [2.05, 4.69) is 43.4 Å². The summed E-state index contributed by atoms with van der Waals surface area (Å²) < 4.78 is 5.54. The number of nitrogens with one attached hydrogen (secondary N) is 1. The maximum Gasteiger partial charge on any atom is 0.122 e. The summed E-state index contributed by atoms with van der Waals surface area (Å²) in [5, 5.41) is 4.53. The topological polar surface area (TPSA) is 34.2 Å². The number of benzene rings is 1. The summed E-state index contributed by atoms with van der Waals surface area (Å²) >= 11 is 1.75. The summed E-state index contributed by atoms with van der Waals surface area (Å²) in [5.41, 5.74) is 2.37. The minimum absolute atomic E-state index is 0.0948. The maximum absolute atomic E-state index is 5.54. The Balaban J connectivity index is 2.31. The second-order valence-corrected chi connectivity index (χ2v) is 6.03. The van der Waals surface area contributed by atoms with E-state index >= 15 is 0 Å². The fourth-order valence-corrected chi connectivity index (χ4v) is 3.52. The highest BCUT2D eigenvalue weighted by atomic mass is 32.1. The zero-order valence-electron chi connectivity index (χ0n) is 13.1. The molecule has 1 N–H and O–H groups in total. The van der Waals surface area contributed by atoms with Crippen molar-refractivity contribution in [1.82, 2.24) is 10.3 Å². The van der Waals surface area contributed by atoms with Crippen LogP contribution in [0.25, 0.3) is 10.4 Å². The van der Waals surface area contributed by atoms with Gasteiger partial charge in [-0.3, -0.25) is 0 Å². The van der Waals surface area contributed by atoms with Crippen LogP contribution in [0.4, 0.5) is 0 Å². The summed E-state index contributed by atoms with van der Waals surface area (Å²) in [6.45, 7) is 6.14. The SMILES string of the molecule is CCCNCc1nc(C(CC)OC)sc1-c1ccccc1. The summed E-state index contributed by atoms with van der Waals surface area (Å²) in [7, 11) is 1.76. The van der Waals surface area contributed by atoms with Crippen molar-refractivity contribution in [1.29, 1.82) is 0 Å². The molecule has 2 aromatic rings. The molecule has 0 fully saturated rings. The number of hydrogen-bond acceptors (Lipinski definition) is 4. The van der Waals surface area contributed by atoms with E-state index in [1.54, 1.807) is 18.4 Å². The predicted molar refractivity (Wildman–Crippen MR) is 89.6 cm³/mol. The van der Waals surface area contributed by atoms with E-state index in [-0.39, 0.29) is 6.10 Å². The molecule has 0 bridgehead atoms. The van der Waals surface area contributed by atoms with E-state index in [4.69, 9.17) is 9.72 Å². The standard InChI is InChI=1S/C17H24N2OS/c1-4-11-18-12-14-16(13-9-7-6-8-10-13)21-17(19-14)15(5-2)20-3/h6-10,15,18H,4-5,11-12H2,1-3H3. The molecule has 114 valence electrons. The Hall–Kier alpha value is -1.23. The van der Waals surface area contributed by atoms with Gasteiger partial charge in [-0.05, 0) is 24.9 Å². The van der Waals surface area contributed by atoms with E-state index in [0.717, 1.165) is 36.6 Å². The number of hydrogen-bond donors (Lipinski definition) is 1. The third-order valence-electron chi connectivity index (χ3n) is 3.40. The predicted octanol–water partition coefficient (Wildman–Crippen LogP) is 4.41. The number of methoxy groups -OCH3 is 1. The monoisotopic (exact) mass is 304 g/mol. The summed E-state index contributed by atoms with van der Waals surface area (Å²) in [6, 6.07) is 10.5. The van der Waals surface area contributed by atoms with Crippen LogP contribution in [0, 0.1) is 0 Å². The van der Waals surface area contributed by atoms with Gasteiger partial charge in [-0.25, -0.2) is 4.98 Å². The van der Waals surface area contributed by atoms with Gasteiger partial charge in [0.15, 0.2) is 0 Å². The first-order chi connectivity index (χ1) is 10.3. The van der Waals surface area contributed by atoms with Crippen molar-refractivity contribution in [2.24, 2.45) is 0 Å². The molecule has 21 heavy (non-hydrogen) atoms. The van der Waals surface area contributed by atoms with Gasteiger partial charge in [-0.2, -0.15) is 0 Å². The van der Waals surface area contributed by atoms with Gasteiger partial charge in [0.1, 0.15) is 11.1 Å². The van der Waals surface area contributed by atoms with Gasteiger partial charge < -0.3 is 10.1 Å². The molecule has 0 spiro atoms. The van der Waals surface area contributed by atoms with Crippen molar-refractivity contribution in [3.05, 3.63) is 41.0 Å². The Bertz CT molecular complexity index is 535. The zero-order valence-corrected chi connectivity index (χ0v) is 13.9. The van der Waals surface area contributed by atoms with Crippen LogP contribution in [0.15, 0.2) is 30.3 Å². The van der Waals surface area contributed by atoms with E-state index in [1.165, 1.54) is 10.4 Å². The number of nitrogens with zero attached hydrogens (tertiary/aromatic N) is 1. The molecule has 4 heteroatoms. The Labute approximate surface area is 131 Å². The zero-order chi connectivity index (χ0) is 15.1. The van der Waals surface area contributed by atoms with E-state index in [1.807, 2.05) is 6.07 Å². The quantitative estimate of drug-likeness (QED) is 0.734. The molecule has 0 amide bonds. The molecule has 3 nitrogen and oxygen atoms in total. The van der Waals surface area contributed by atoms with Gasteiger partial charge in [0.05, 0.1) is 10.6 Å². The molecule has 0 aliphatic carbocycles. The molecule has 1 heterocycles. The Morgan fingerprint density at radius 2 is 2.00 bits per heavy atom. The molecule has 0 aliphatic rings. The smallest absolute Gasteiger partial charge is 0.122 e. The lowest BCUT2D eigenvalue weighted by atomic mass is 10.1. The average molecular weight is 304 g/mol. The van der Waals surface area contributed by atoms with Crippen molar-refractivity contribution in [2.75, 3.05) is 13.7 Å². The van der Waals surface area contributed by atoms with Crippen molar-refractivity contribution in [3.8, 4) is 10.4 Å². The van der Waals surface area contributed by atoms with Gasteiger partial charge in [-0.15, -0.1) is 11.3 Å². The van der Waals surface area contributed by atoms with E-state index in [9.17, 15) is 0 Å². The fourth-order valence-electron chi connectivity index (χ4n) is 2.27. The molecule has 1 aromatic carbocycles. The third-order valence-corrected chi connectivity index (χ3v) is 4.64. The maximum atomic E-state index is 5.54. The number of thiazole rings is 1. The molecule has 0 aliphatic heterocycles. The molecular weight excluding hydrogens is 280 g/mol. The number of ether oxygens (including phenoxy) is 1. The normalized spacial score (nSPS) is 12.5. The van der Waals surface area contributed by atoms with Crippen LogP contribution < -0.4 is 5.32 Å². The van der Waals surface area contributed by atoms with Gasteiger partial charge in [-0.1, -0.05) is 44.2 Å². The first kappa shape index (κ1) is 16.1. The minimum atomic E-state index is 0.0948. The largest absolute Gasteiger partial charge is 0.374 e. The highest BCUT2D eigenvalue weighted by Crippen LogP contribution is 2.34. The minimum Gasteiger partial charge on any atom is -0.374 e. The van der Waals surface area contributed by atoms with Gasteiger partial charge in [0, 0.05) is 13.7 Å². The summed E-state index contributed by atoms with van der Waals surface area (Å²) in [6.07, 6.45) is 2.17. The van der Waals surface area contributed by atoms with Crippen LogP contribution in [0.5, 0.6) is 0 Å². The molecule has 1 aromatic heterocycles. The van der Waals surface area contributed by atoms with E-state index in [0.29, 0.717) is 0 Å². The first-order valence-corrected chi connectivity index (χ1v) is 8.40. The molecule has 0 saturated heterocycles. The van der Waals surface area contributed by atoms with Crippen molar-refractivity contribution in [3.63, 3.8) is 0 Å². The van der Waals surface area contributed by atoms with Crippen LogP contribution in [0.2, 0.25) is 0 Å². The highest BCUT2D eigenvalue weighted by molar-refractivity contribution is 7.15. The van der Waals surface area contributed by atoms with Crippen LogP contribution in [-0.2, 0) is 11.3 Å². The molecular formula is C17H24N2OS. The first-order valence-electron chi connectivity index (χ1n) is 7.58. The van der Waals surface area contributed by atoms with Crippen LogP contribution in [0.3, 0.4) is 0 Å². The number of aromatic nitrogens is 1. The molecule has 1 atom stereocenters. The lowest BCUT2D eigenvalue weighted by Crippen LogP contribution is -2.14. The van der Waals surface area contributed by atoms with Crippen molar-refractivity contribution >= 4 is 11.3 Å². The van der Waals surface area contributed by atoms with Gasteiger partial charge >= 0.3 is 0 Å².